The number of aromatic nitrogens is 5. The molecule has 3 aromatic rings. The highest BCUT2D eigenvalue weighted by Gasteiger charge is 2.38. The predicted molar refractivity (Wildman–Crippen MR) is 69.4 cm³/mol. The summed E-state index contributed by atoms with van der Waals surface area (Å²) in [4.78, 5) is 8.22. The van der Waals surface area contributed by atoms with Crippen LogP contribution in [0.1, 0.15) is 25.1 Å². The van der Waals surface area contributed by atoms with Crippen molar-refractivity contribution in [3.63, 3.8) is 0 Å². The lowest BCUT2D eigenvalue weighted by atomic mass is 9.96. The maximum Gasteiger partial charge on any atom is 0.452 e. The van der Waals surface area contributed by atoms with Crippen molar-refractivity contribution >= 4 is 16.8 Å². The lowest BCUT2D eigenvalue weighted by molar-refractivity contribution is -0.145. The van der Waals surface area contributed by atoms with E-state index in [0.29, 0.717) is 5.52 Å². The molecule has 3 aromatic heterocycles. The third kappa shape index (κ3) is 1.96. The van der Waals surface area contributed by atoms with E-state index in [1.807, 2.05) is 0 Å². The summed E-state index contributed by atoms with van der Waals surface area (Å²) in [5.74, 6) is -1.07. The summed E-state index contributed by atoms with van der Waals surface area (Å²) in [5.41, 5.74) is 0.288. The van der Waals surface area contributed by atoms with Crippen molar-refractivity contribution in [2.24, 2.45) is 0 Å². The topological polar surface area (TPSA) is 65.2 Å². The van der Waals surface area contributed by atoms with E-state index in [0.717, 1.165) is 23.7 Å². The summed E-state index contributed by atoms with van der Waals surface area (Å²) in [6.07, 6.45) is -0.513. The molecular formula is C13H10F3N5O. The lowest BCUT2D eigenvalue weighted by Gasteiger charge is -2.25. The first-order valence-electron chi connectivity index (χ1n) is 6.78. The van der Waals surface area contributed by atoms with Crippen LogP contribution in [0.15, 0.2) is 18.3 Å². The Hall–Kier alpha value is -2.45. The zero-order valence-corrected chi connectivity index (χ0v) is 11.2. The zero-order valence-electron chi connectivity index (χ0n) is 11.2. The number of ether oxygens (including phenoxy) is 1. The third-order valence-electron chi connectivity index (χ3n) is 3.64. The molecule has 1 aliphatic carbocycles. The van der Waals surface area contributed by atoms with Crippen molar-refractivity contribution in [1.82, 2.24) is 24.6 Å². The molecule has 0 N–H and O–H groups in total. The Morgan fingerprint density at radius 1 is 1.18 bits per heavy atom. The van der Waals surface area contributed by atoms with Crippen molar-refractivity contribution in [3.05, 3.63) is 24.2 Å². The number of nitrogens with zero attached hydrogens (tertiary/aromatic N) is 5. The highest BCUT2D eigenvalue weighted by molar-refractivity contribution is 5.76. The van der Waals surface area contributed by atoms with Crippen LogP contribution >= 0.6 is 0 Å². The first-order valence-corrected chi connectivity index (χ1v) is 6.78. The van der Waals surface area contributed by atoms with E-state index in [9.17, 15) is 13.2 Å². The molecule has 114 valence electrons. The summed E-state index contributed by atoms with van der Waals surface area (Å²) < 4.78 is 45.9. The fraction of sp³-hybridized carbons (Fsp3) is 0.385. The summed E-state index contributed by atoms with van der Waals surface area (Å²) >= 11 is 0. The Morgan fingerprint density at radius 3 is 2.68 bits per heavy atom. The molecular weight excluding hydrogens is 299 g/mol. The van der Waals surface area contributed by atoms with Crippen LogP contribution in [0, 0.1) is 0 Å². The molecule has 0 bridgehead atoms. The third-order valence-corrected chi connectivity index (χ3v) is 3.64. The van der Waals surface area contributed by atoms with Crippen LogP contribution in [0.4, 0.5) is 13.2 Å². The minimum absolute atomic E-state index is 0.0311. The van der Waals surface area contributed by atoms with E-state index >= 15 is 0 Å². The second-order valence-corrected chi connectivity index (χ2v) is 5.11. The van der Waals surface area contributed by atoms with Gasteiger partial charge >= 0.3 is 6.18 Å². The lowest BCUT2D eigenvalue weighted by Crippen LogP contribution is -2.25. The predicted octanol–water partition coefficient (Wildman–Crippen LogP) is 2.62. The van der Waals surface area contributed by atoms with Gasteiger partial charge in [0, 0.05) is 6.20 Å². The Bertz CT molecular complexity index is 856. The van der Waals surface area contributed by atoms with Crippen molar-refractivity contribution in [1.29, 1.82) is 0 Å². The second kappa shape index (κ2) is 4.52. The van der Waals surface area contributed by atoms with Crippen LogP contribution in [0.5, 0.6) is 5.88 Å². The molecule has 0 spiro atoms. The highest BCUT2D eigenvalue weighted by Crippen LogP contribution is 2.33. The first-order chi connectivity index (χ1) is 10.5. The van der Waals surface area contributed by atoms with Crippen molar-refractivity contribution in [2.45, 2.75) is 31.5 Å². The Kier molecular flexibility index (Phi) is 2.72. The monoisotopic (exact) mass is 309 g/mol. The van der Waals surface area contributed by atoms with Crippen LogP contribution < -0.4 is 4.74 Å². The minimum Gasteiger partial charge on any atom is -0.472 e. The van der Waals surface area contributed by atoms with Crippen LogP contribution in [0.2, 0.25) is 0 Å². The Morgan fingerprint density at radius 2 is 2.00 bits per heavy atom. The van der Waals surface area contributed by atoms with Gasteiger partial charge in [0.25, 0.3) is 5.88 Å². The quantitative estimate of drug-likeness (QED) is 0.728. The molecule has 0 aliphatic heterocycles. The number of hydrogen-bond donors (Lipinski definition) is 0. The summed E-state index contributed by atoms with van der Waals surface area (Å²) in [6.45, 7) is 0. The molecule has 1 aliphatic rings. The molecule has 0 saturated heterocycles. The molecule has 0 radical (unpaired) electrons. The van der Waals surface area contributed by atoms with E-state index in [1.165, 1.54) is 6.20 Å². The maximum atomic E-state index is 13.1. The van der Waals surface area contributed by atoms with Gasteiger partial charge in [-0.3, -0.25) is 0 Å². The molecule has 0 atom stereocenters. The van der Waals surface area contributed by atoms with Gasteiger partial charge in [0.1, 0.15) is 11.6 Å². The van der Waals surface area contributed by atoms with Gasteiger partial charge in [-0.15, -0.1) is 10.2 Å². The molecule has 1 fully saturated rings. The summed E-state index contributed by atoms with van der Waals surface area (Å²) in [6, 6.07) is 3.18. The van der Waals surface area contributed by atoms with Gasteiger partial charge in [-0.1, -0.05) is 0 Å². The summed E-state index contributed by atoms with van der Waals surface area (Å²) in [7, 11) is 0. The smallest absolute Gasteiger partial charge is 0.452 e. The van der Waals surface area contributed by atoms with Gasteiger partial charge < -0.3 is 4.74 Å². The molecule has 3 heterocycles. The van der Waals surface area contributed by atoms with Crippen molar-refractivity contribution < 1.29 is 17.9 Å². The minimum atomic E-state index is -4.64. The largest absolute Gasteiger partial charge is 0.472 e. The molecule has 6 nitrogen and oxygen atoms in total. The van der Waals surface area contributed by atoms with Gasteiger partial charge in [0.15, 0.2) is 5.65 Å². The molecule has 0 amide bonds. The summed E-state index contributed by atoms with van der Waals surface area (Å²) in [5, 5.41) is 6.87. The average molecular weight is 309 g/mol. The number of fused-ring (bicyclic) bond motifs is 3. The van der Waals surface area contributed by atoms with Crippen molar-refractivity contribution in [2.75, 3.05) is 0 Å². The van der Waals surface area contributed by atoms with E-state index in [2.05, 4.69) is 20.2 Å². The average Bonchev–Trinajstić information content (AvgIpc) is 2.88. The number of rotatable bonds is 2. The normalized spacial score (nSPS) is 16.1. The van der Waals surface area contributed by atoms with Gasteiger partial charge in [-0.25, -0.2) is 14.4 Å². The van der Waals surface area contributed by atoms with E-state index < -0.39 is 12.0 Å². The van der Waals surface area contributed by atoms with Gasteiger partial charge in [0.05, 0.1) is 0 Å². The van der Waals surface area contributed by atoms with E-state index in [1.54, 1.807) is 12.1 Å². The molecule has 0 aromatic carbocycles. The van der Waals surface area contributed by atoms with Crippen LogP contribution in [-0.4, -0.2) is 30.7 Å². The van der Waals surface area contributed by atoms with Gasteiger partial charge in [-0.2, -0.15) is 13.2 Å². The number of halogens is 3. The molecule has 0 unspecified atom stereocenters. The maximum absolute atomic E-state index is 13.1. The van der Waals surface area contributed by atoms with Crippen LogP contribution in [0.25, 0.3) is 16.8 Å². The Labute approximate surface area is 122 Å². The second-order valence-electron chi connectivity index (χ2n) is 5.11. The van der Waals surface area contributed by atoms with Crippen LogP contribution in [-0.2, 0) is 6.18 Å². The molecule has 22 heavy (non-hydrogen) atoms. The van der Waals surface area contributed by atoms with Gasteiger partial charge in [0.2, 0.25) is 11.5 Å². The first kappa shape index (κ1) is 13.2. The number of alkyl halides is 3. The molecule has 4 rings (SSSR count). The SMILES string of the molecule is FC(F)(F)c1nnc2c(OC3CCC3)nc3cccnc3n12. The zero-order chi connectivity index (χ0) is 15.3. The van der Waals surface area contributed by atoms with E-state index in [4.69, 9.17) is 4.74 Å². The molecule has 9 heteroatoms. The van der Waals surface area contributed by atoms with Crippen LogP contribution in [0.3, 0.4) is 0 Å². The van der Waals surface area contributed by atoms with Crippen molar-refractivity contribution in [3.8, 4) is 5.88 Å². The highest BCUT2D eigenvalue weighted by atomic mass is 19.4. The fourth-order valence-electron chi connectivity index (χ4n) is 2.34. The van der Waals surface area contributed by atoms with Gasteiger partial charge in [-0.05, 0) is 31.4 Å². The fourth-order valence-corrected chi connectivity index (χ4v) is 2.34. The Balaban J connectivity index is 2.01. The molecule has 1 saturated carbocycles. The number of pyridine rings is 1. The van der Waals surface area contributed by atoms with E-state index in [-0.39, 0.29) is 23.3 Å². The standard InChI is InChI=1S/C13H10F3N5O/c14-13(15,16)12-20-19-10-11(22-7-3-1-4-7)18-8-5-2-6-17-9(8)21(10)12/h2,5-7H,1,3-4H2. The number of hydrogen-bond acceptors (Lipinski definition) is 5.